The maximum absolute atomic E-state index is 12.9. The largest absolute Gasteiger partial charge is 0.339 e. The first-order valence-electron chi connectivity index (χ1n) is 10.3. The fourth-order valence-corrected chi connectivity index (χ4v) is 6.82. The van der Waals surface area contributed by atoms with Gasteiger partial charge in [0.2, 0.25) is 5.91 Å². The molecule has 2 heterocycles. The van der Waals surface area contributed by atoms with E-state index in [4.69, 9.17) is 11.6 Å². The van der Waals surface area contributed by atoms with Crippen molar-refractivity contribution >= 4 is 38.9 Å². The minimum atomic E-state index is -3.57. The number of sulfonamides is 1. The molecule has 1 saturated heterocycles. The Balaban J connectivity index is 1.37. The SMILES string of the molecule is O=C(CNC(c1ccccc1)c1ccccc1)N1CCN(S(=O)(=O)c2ccc(Cl)s2)CC1. The number of nitrogens with zero attached hydrogens (tertiary/aromatic N) is 2. The van der Waals surface area contributed by atoms with Crippen molar-refractivity contribution in [2.24, 2.45) is 0 Å². The van der Waals surface area contributed by atoms with Gasteiger partial charge in [0, 0.05) is 26.2 Å². The molecule has 1 amide bonds. The van der Waals surface area contributed by atoms with Crippen molar-refractivity contribution in [1.29, 1.82) is 0 Å². The zero-order valence-corrected chi connectivity index (χ0v) is 19.7. The lowest BCUT2D eigenvalue weighted by molar-refractivity contribution is -0.131. The van der Waals surface area contributed by atoms with Gasteiger partial charge in [0.1, 0.15) is 4.21 Å². The number of carbonyl (C=O) groups is 1. The molecule has 1 aliphatic heterocycles. The second kappa shape index (κ2) is 10.1. The van der Waals surface area contributed by atoms with Crippen molar-refractivity contribution < 1.29 is 13.2 Å². The molecule has 1 N–H and O–H groups in total. The molecule has 0 bridgehead atoms. The molecular weight excluding hydrogens is 466 g/mol. The second-order valence-corrected chi connectivity index (χ2v) is 11.4. The second-order valence-electron chi connectivity index (χ2n) is 7.48. The number of amides is 1. The zero-order valence-electron chi connectivity index (χ0n) is 17.4. The van der Waals surface area contributed by atoms with Crippen LogP contribution in [0.4, 0.5) is 0 Å². The average Bonchev–Trinajstić information content (AvgIpc) is 3.28. The molecule has 2 aromatic carbocycles. The number of thiophene rings is 1. The number of benzene rings is 2. The van der Waals surface area contributed by atoms with Crippen LogP contribution in [0.15, 0.2) is 77.0 Å². The van der Waals surface area contributed by atoms with Crippen LogP contribution in [0.1, 0.15) is 17.2 Å². The highest BCUT2D eigenvalue weighted by molar-refractivity contribution is 7.91. The van der Waals surface area contributed by atoms with Crippen molar-refractivity contribution in [2.45, 2.75) is 10.3 Å². The van der Waals surface area contributed by atoms with Crippen LogP contribution in [-0.4, -0.2) is 56.3 Å². The quantitative estimate of drug-likeness (QED) is 0.550. The predicted octanol–water partition coefficient (Wildman–Crippen LogP) is 3.61. The molecule has 1 fully saturated rings. The summed E-state index contributed by atoms with van der Waals surface area (Å²) >= 11 is 6.94. The maximum atomic E-state index is 12.9. The molecule has 1 aliphatic rings. The smallest absolute Gasteiger partial charge is 0.252 e. The van der Waals surface area contributed by atoms with E-state index in [2.05, 4.69) is 5.32 Å². The maximum Gasteiger partial charge on any atom is 0.252 e. The van der Waals surface area contributed by atoms with Gasteiger partial charge in [-0.2, -0.15) is 4.31 Å². The van der Waals surface area contributed by atoms with Crippen molar-refractivity contribution in [2.75, 3.05) is 32.7 Å². The van der Waals surface area contributed by atoms with E-state index >= 15 is 0 Å². The van der Waals surface area contributed by atoms with Crippen LogP contribution in [0.5, 0.6) is 0 Å². The van der Waals surface area contributed by atoms with Gasteiger partial charge < -0.3 is 4.90 Å². The topological polar surface area (TPSA) is 69.7 Å². The van der Waals surface area contributed by atoms with Crippen LogP contribution >= 0.6 is 22.9 Å². The van der Waals surface area contributed by atoms with E-state index in [1.807, 2.05) is 60.7 Å². The molecule has 9 heteroatoms. The first-order valence-corrected chi connectivity index (χ1v) is 12.9. The number of halogens is 1. The lowest BCUT2D eigenvalue weighted by Crippen LogP contribution is -2.52. The Kier molecular flexibility index (Phi) is 7.27. The van der Waals surface area contributed by atoms with Gasteiger partial charge in [0.25, 0.3) is 10.0 Å². The molecule has 0 radical (unpaired) electrons. The van der Waals surface area contributed by atoms with Crippen LogP contribution in [0, 0.1) is 0 Å². The van der Waals surface area contributed by atoms with Crippen LogP contribution in [0.3, 0.4) is 0 Å². The van der Waals surface area contributed by atoms with Crippen molar-refractivity contribution in [1.82, 2.24) is 14.5 Å². The average molecular weight is 490 g/mol. The van der Waals surface area contributed by atoms with Crippen LogP contribution in [0.2, 0.25) is 4.34 Å². The standard InChI is InChI=1S/C23H24ClN3O3S2/c24-20-11-12-22(31-20)32(29,30)27-15-13-26(14-16-27)21(28)17-25-23(18-7-3-1-4-8-18)19-9-5-2-6-10-19/h1-12,23,25H,13-17H2. The van der Waals surface area contributed by atoms with E-state index < -0.39 is 10.0 Å². The molecule has 0 saturated carbocycles. The van der Waals surface area contributed by atoms with Crippen molar-refractivity contribution in [3.63, 3.8) is 0 Å². The lowest BCUT2D eigenvalue weighted by Gasteiger charge is -2.34. The predicted molar refractivity (Wildman–Crippen MR) is 127 cm³/mol. The molecule has 32 heavy (non-hydrogen) atoms. The minimum Gasteiger partial charge on any atom is -0.339 e. The van der Waals surface area contributed by atoms with Crippen molar-refractivity contribution in [3.8, 4) is 0 Å². The Morgan fingerprint density at radius 2 is 1.47 bits per heavy atom. The van der Waals surface area contributed by atoms with Gasteiger partial charge >= 0.3 is 0 Å². The van der Waals surface area contributed by atoms with Gasteiger partial charge in [-0.05, 0) is 23.3 Å². The van der Waals surface area contributed by atoms with Gasteiger partial charge in [-0.3, -0.25) is 10.1 Å². The Morgan fingerprint density at radius 3 is 1.97 bits per heavy atom. The highest BCUT2D eigenvalue weighted by Crippen LogP contribution is 2.28. The summed E-state index contributed by atoms with van der Waals surface area (Å²) in [6, 6.07) is 23.0. The summed E-state index contributed by atoms with van der Waals surface area (Å²) in [6.07, 6.45) is 0. The minimum absolute atomic E-state index is 0.0434. The van der Waals surface area contributed by atoms with E-state index in [0.29, 0.717) is 17.4 Å². The zero-order chi connectivity index (χ0) is 22.6. The number of nitrogens with one attached hydrogen (secondary N) is 1. The molecule has 3 aromatic rings. The number of hydrogen-bond acceptors (Lipinski definition) is 5. The number of hydrogen-bond donors (Lipinski definition) is 1. The first-order chi connectivity index (χ1) is 15.4. The Morgan fingerprint density at radius 1 is 0.906 bits per heavy atom. The molecule has 0 atom stereocenters. The highest BCUT2D eigenvalue weighted by Gasteiger charge is 2.31. The van der Waals surface area contributed by atoms with Crippen LogP contribution < -0.4 is 5.32 Å². The molecular formula is C23H24ClN3O3S2. The summed E-state index contributed by atoms with van der Waals surface area (Å²) in [5.41, 5.74) is 2.16. The summed E-state index contributed by atoms with van der Waals surface area (Å²) in [5.74, 6) is -0.0434. The third-order valence-electron chi connectivity index (χ3n) is 5.46. The molecule has 0 unspecified atom stereocenters. The molecule has 6 nitrogen and oxygen atoms in total. The number of rotatable bonds is 7. The van der Waals surface area contributed by atoms with Gasteiger partial charge in [0.15, 0.2) is 0 Å². The summed E-state index contributed by atoms with van der Waals surface area (Å²) in [4.78, 5) is 14.6. The van der Waals surface area contributed by atoms with E-state index in [1.165, 1.54) is 10.4 Å². The van der Waals surface area contributed by atoms with Crippen molar-refractivity contribution in [3.05, 3.63) is 88.3 Å². The molecule has 0 spiro atoms. The highest BCUT2D eigenvalue weighted by atomic mass is 35.5. The van der Waals surface area contributed by atoms with Gasteiger partial charge in [-0.15, -0.1) is 11.3 Å². The molecule has 1 aromatic heterocycles. The van der Waals surface area contributed by atoms with E-state index in [1.54, 1.807) is 11.0 Å². The third kappa shape index (κ3) is 5.22. The summed E-state index contributed by atoms with van der Waals surface area (Å²) in [5, 5.41) is 3.38. The van der Waals surface area contributed by atoms with Gasteiger partial charge in [-0.1, -0.05) is 72.3 Å². The van der Waals surface area contributed by atoms with Gasteiger partial charge in [-0.25, -0.2) is 8.42 Å². The fraction of sp³-hybridized carbons (Fsp3) is 0.261. The van der Waals surface area contributed by atoms with Crippen LogP contribution in [0.25, 0.3) is 0 Å². The first kappa shape index (κ1) is 22.9. The number of piperazine rings is 1. The monoisotopic (exact) mass is 489 g/mol. The Labute approximate surface area is 197 Å². The van der Waals surface area contributed by atoms with E-state index in [0.717, 1.165) is 22.5 Å². The third-order valence-corrected chi connectivity index (χ3v) is 9.05. The summed E-state index contributed by atoms with van der Waals surface area (Å²) in [7, 11) is -3.57. The summed E-state index contributed by atoms with van der Waals surface area (Å²) < 4.78 is 27.6. The lowest BCUT2D eigenvalue weighted by atomic mass is 9.99. The van der Waals surface area contributed by atoms with Gasteiger partial charge in [0.05, 0.1) is 16.9 Å². The molecule has 168 valence electrons. The molecule has 0 aliphatic carbocycles. The number of carbonyl (C=O) groups excluding carboxylic acids is 1. The Hall–Kier alpha value is -2.23. The summed E-state index contributed by atoms with van der Waals surface area (Å²) in [6.45, 7) is 1.43. The van der Waals surface area contributed by atoms with Crippen LogP contribution in [-0.2, 0) is 14.8 Å². The van der Waals surface area contributed by atoms with E-state index in [9.17, 15) is 13.2 Å². The Bertz CT molecular complexity index is 1110. The normalized spacial score (nSPS) is 15.2. The molecule has 4 rings (SSSR count). The fourth-order valence-electron chi connectivity index (χ4n) is 3.76. The van der Waals surface area contributed by atoms with E-state index in [-0.39, 0.29) is 35.8 Å².